The molecule has 0 fully saturated rings. The first-order valence-electron chi connectivity index (χ1n) is 10.9. The number of carbonyl (C=O) groups is 3. The van der Waals surface area contributed by atoms with Crippen molar-refractivity contribution in [1.82, 2.24) is 4.90 Å². The number of rotatable bonds is 12. The SMILES string of the molecule is CCN(CC)C(=O)c1ccc(NC(=O)CCCC(=O)OCCCc2ccccc2)cc1. The van der Waals surface area contributed by atoms with E-state index in [-0.39, 0.29) is 30.6 Å². The zero-order valence-electron chi connectivity index (χ0n) is 18.4. The van der Waals surface area contributed by atoms with E-state index in [1.165, 1.54) is 5.56 Å². The van der Waals surface area contributed by atoms with Gasteiger partial charge in [0.15, 0.2) is 0 Å². The Bertz CT molecular complexity index is 830. The van der Waals surface area contributed by atoms with Gasteiger partial charge in [-0.05, 0) is 62.9 Å². The van der Waals surface area contributed by atoms with Crippen molar-refractivity contribution in [3.63, 3.8) is 0 Å². The molecular weight excluding hydrogens is 392 g/mol. The highest BCUT2D eigenvalue weighted by Gasteiger charge is 2.12. The second-order valence-corrected chi connectivity index (χ2v) is 7.27. The van der Waals surface area contributed by atoms with Crippen molar-refractivity contribution >= 4 is 23.5 Å². The fourth-order valence-electron chi connectivity index (χ4n) is 3.19. The Morgan fingerprint density at radius 1 is 0.871 bits per heavy atom. The van der Waals surface area contributed by atoms with Crippen LogP contribution in [0.25, 0.3) is 0 Å². The highest BCUT2D eigenvalue weighted by molar-refractivity contribution is 5.95. The molecule has 0 unspecified atom stereocenters. The van der Waals surface area contributed by atoms with E-state index >= 15 is 0 Å². The quantitative estimate of drug-likeness (QED) is 0.403. The van der Waals surface area contributed by atoms with E-state index in [4.69, 9.17) is 4.74 Å². The van der Waals surface area contributed by atoms with Gasteiger partial charge in [-0.25, -0.2) is 0 Å². The number of anilines is 1. The fraction of sp³-hybridized carbons (Fsp3) is 0.400. The third kappa shape index (κ3) is 8.62. The zero-order valence-corrected chi connectivity index (χ0v) is 18.4. The molecule has 0 heterocycles. The molecule has 0 aliphatic heterocycles. The minimum Gasteiger partial charge on any atom is -0.466 e. The van der Waals surface area contributed by atoms with Crippen molar-refractivity contribution in [2.45, 2.75) is 46.0 Å². The smallest absolute Gasteiger partial charge is 0.305 e. The highest BCUT2D eigenvalue weighted by atomic mass is 16.5. The first kappa shape index (κ1) is 24.1. The molecule has 31 heavy (non-hydrogen) atoms. The van der Waals surface area contributed by atoms with Gasteiger partial charge in [0.1, 0.15) is 0 Å². The van der Waals surface area contributed by atoms with E-state index in [9.17, 15) is 14.4 Å². The van der Waals surface area contributed by atoms with Crippen molar-refractivity contribution in [2.75, 3.05) is 25.0 Å². The summed E-state index contributed by atoms with van der Waals surface area (Å²) in [5.74, 6) is -0.468. The molecule has 0 radical (unpaired) electrons. The van der Waals surface area contributed by atoms with Crippen LogP contribution in [-0.4, -0.2) is 42.4 Å². The molecule has 0 aliphatic carbocycles. The van der Waals surface area contributed by atoms with Gasteiger partial charge < -0.3 is 15.0 Å². The third-order valence-corrected chi connectivity index (χ3v) is 4.97. The molecule has 2 rings (SSSR count). The van der Waals surface area contributed by atoms with Crippen molar-refractivity contribution < 1.29 is 19.1 Å². The molecule has 2 aromatic carbocycles. The molecule has 2 amide bonds. The maximum atomic E-state index is 12.3. The summed E-state index contributed by atoms with van der Waals surface area (Å²) in [6, 6.07) is 16.9. The highest BCUT2D eigenvalue weighted by Crippen LogP contribution is 2.13. The van der Waals surface area contributed by atoms with Crippen molar-refractivity contribution in [2.24, 2.45) is 0 Å². The number of benzene rings is 2. The summed E-state index contributed by atoms with van der Waals surface area (Å²) >= 11 is 0. The Morgan fingerprint density at radius 3 is 2.19 bits per heavy atom. The predicted molar refractivity (Wildman–Crippen MR) is 122 cm³/mol. The number of carbonyl (C=O) groups excluding carboxylic acids is 3. The summed E-state index contributed by atoms with van der Waals surface area (Å²) in [6.45, 7) is 5.58. The second-order valence-electron chi connectivity index (χ2n) is 7.27. The van der Waals surface area contributed by atoms with Gasteiger partial charge in [-0.3, -0.25) is 14.4 Å². The number of nitrogens with one attached hydrogen (secondary N) is 1. The van der Waals surface area contributed by atoms with Crippen molar-refractivity contribution in [1.29, 1.82) is 0 Å². The third-order valence-electron chi connectivity index (χ3n) is 4.97. The van der Waals surface area contributed by atoms with Crippen molar-refractivity contribution in [3.8, 4) is 0 Å². The molecule has 0 atom stereocenters. The van der Waals surface area contributed by atoms with Crippen LogP contribution < -0.4 is 5.32 Å². The van der Waals surface area contributed by atoms with Gasteiger partial charge in [0.2, 0.25) is 5.91 Å². The van der Waals surface area contributed by atoms with Crippen molar-refractivity contribution in [3.05, 3.63) is 65.7 Å². The molecule has 0 aliphatic rings. The van der Waals surface area contributed by atoms with Gasteiger partial charge in [-0.2, -0.15) is 0 Å². The number of hydrogen-bond donors (Lipinski definition) is 1. The first-order chi connectivity index (χ1) is 15.0. The van der Waals surface area contributed by atoms with Crippen LogP contribution in [0.2, 0.25) is 0 Å². The lowest BCUT2D eigenvalue weighted by atomic mass is 10.1. The van der Waals surface area contributed by atoms with Crippen LogP contribution in [0.4, 0.5) is 5.69 Å². The number of aryl methyl sites for hydroxylation is 1. The molecule has 0 saturated heterocycles. The van der Waals surface area contributed by atoms with Gasteiger partial charge in [0, 0.05) is 37.2 Å². The summed E-state index contributed by atoms with van der Waals surface area (Å²) in [6.07, 6.45) is 2.54. The van der Waals surface area contributed by atoms with Crippen LogP contribution in [-0.2, 0) is 20.7 Å². The standard InChI is InChI=1S/C25H32N2O4/c1-3-27(4-2)25(30)21-15-17-22(18-16-21)26-23(28)13-8-14-24(29)31-19-9-12-20-10-6-5-7-11-20/h5-7,10-11,15-18H,3-4,8-9,12-14,19H2,1-2H3,(H,26,28). The normalized spacial score (nSPS) is 10.4. The van der Waals surface area contributed by atoms with E-state index in [0.717, 1.165) is 12.8 Å². The van der Waals surface area contributed by atoms with Crippen LogP contribution in [0.1, 0.15) is 55.5 Å². The summed E-state index contributed by atoms with van der Waals surface area (Å²) in [5, 5.41) is 2.79. The van der Waals surface area contributed by atoms with Gasteiger partial charge in [0.25, 0.3) is 5.91 Å². The average Bonchev–Trinajstić information content (AvgIpc) is 2.78. The minimum atomic E-state index is -0.278. The van der Waals surface area contributed by atoms with Gasteiger partial charge in [-0.15, -0.1) is 0 Å². The first-order valence-corrected chi connectivity index (χ1v) is 10.9. The maximum Gasteiger partial charge on any atom is 0.305 e. The number of amides is 2. The largest absolute Gasteiger partial charge is 0.466 e. The number of nitrogens with zero attached hydrogens (tertiary/aromatic N) is 1. The average molecular weight is 425 g/mol. The molecule has 0 aromatic heterocycles. The summed E-state index contributed by atoms with van der Waals surface area (Å²) in [4.78, 5) is 38.0. The monoisotopic (exact) mass is 424 g/mol. The van der Waals surface area contributed by atoms with E-state index in [1.54, 1.807) is 29.2 Å². The molecule has 1 N–H and O–H groups in total. The number of ether oxygens (including phenoxy) is 1. The Balaban J connectivity index is 1.63. The van der Waals surface area contributed by atoms with E-state index < -0.39 is 0 Å². The Kier molecular flexibility index (Phi) is 10.3. The molecule has 0 spiro atoms. The Hall–Kier alpha value is -3.15. The molecule has 0 bridgehead atoms. The van der Waals surface area contributed by atoms with E-state index in [0.29, 0.717) is 37.4 Å². The van der Waals surface area contributed by atoms with E-state index in [1.807, 2.05) is 32.0 Å². The fourth-order valence-corrected chi connectivity index (χ4v) is 3.19. The van der Waals surface area contributed by atoms with Crippen LogP contribution in [0, 0.1) is 0 Å². The maximum absolute atomic E-state index is 12.3. The molecule has 6 nitrogen and oxygen atoms in total. The molecule has 6 heteroatoms. The molecule has 0 saturated carbocycles. The van der Waals surface area contributed by atoms with Crippen LogP contribution in [0.15, 0.2) is 54.6 Å². The lowest BCUT2D eigenvalue weighted by Gasteiger charge is -2.18. The molecule has 2 aromatic rings. The van der Waals surface area contributed by atoms with Crippen LogP contribution in [0.3, 0.4) is 0 Å². The molecular formula is C25H32N2O4. The topological polar surface area (TPSA) is 75.7 Å². The number of esters is 1. The number of hydrogen-bond acceptors (Lipinski definition) is 4. The Labute approximate surface area is 184 Å². The summed E-state index contributed by atoms with van der Waals surface area (Å²) < 4.78 is 5.23. The lowest BCUT2D eigenvalue weighted by molar-refractivity contribution is -0.143. The summed E-state index contributed by atoms with van der Waals surface area (Å²) in [7, 11) is 0. The Morgan fingerprint density at radius 2 is 1.55 bits per heavy atom. The van der Waals surface area contributed by atoms with Gasteiger partial charge >= 0.3 is 5.97 Å². The van der Waals surface area contributed by atoms with Crippen LogP contribution in [0.5, 0.6) is 0 Å². The lowest BCUT2D eigenvalue weighted by Crippen LogP contribution is -2.30. The van der Waals surface area contributed by atoms with E-state index in [2.05, 4.69) is 17.4 Å². The molecule has 166 valence electrons. The zero-order chi connectivity index (χ0) is 22.5. The van der Waals surface area contributed by atoms with Gasteiger partial charge in [0.05, 0.1) is 6.61 Å². The minimum absolute atomic E-state index is 0.0230. The predicted octanol–water partition coefficient (Wildman–Crippen LogP) is 4.45. The second kappa shape index (κ2) is 13.2. The summed E-state index contributed by atoms with van der Waals surface area (Å²) in [5.41, 5.74) is 2.45. The van der Waals surface area contributed by atoms with Gasteiger partial charge in [-0.1, -0.05) is 30.3 Å². The van der Waals surface area contributed by atoms with Crippen LogP contribution >= 0.6 is 0 Å².